The van der Waals surface area contributed by atoms with E-state index >= 15 is 0 Å². The number of aryl methyl sites for hydroxylation is 1. The maximum Gasteiger partial charge on any atom is 0.255 e. The van der Waals surface area contributed by atoms with Crippen molar-refractivity contribution < 1.29 is 9.59 Å². The van der Waals surface area contributed by atoms with Crippen LogP contribution in [0.25, 0.3) is 0 Å². The molecule has 0 saturated carbocycles. The lowest BCUT2D eigenvalue weighted by molar-refractivity contribution is 0.0675. The van der Waals surface area contributed by atoms with Gasteiger partial charge in [0.25, 0.3) is 5.91 Å². The Balaban J connectivity index is 2.19. The summed E-state index contributed by atoms with van der Waals surface area (Å²) in [5.41, 5.74) is 2.08. The van der Waals surface area contributed by atoms with Crippen LogP contribution in [0.3, 0.4) is 0 Å². The topological polar surface area (TPSA) is 37.4 Å². The highest BCUT2D eigenvalue weighted by Gasteiger charge is 2.25. The second-order valence-corrected chi connectivity index (χ2v) is 5.71. The van der Waals surface area contributed by atoms with E-state index in [9.17, 15) is 9.59 Å². The van der Waals surface area contributed by atoms with Crippen molar-refractivity contribution in [1.82, 2.24) is 4.90 Å². The number of hydrogen-bond acceptors (Lipinski definition) is 2. The van der Waals surface area contributed by atoms with Crippen molar-refractivity contribution in [2.75, 3.05) is 7.05 Å². The highest BCUT2D eigenvalue weighted by Crippen LogP contribution is 2.18. The second-order valence-electron chi connectivity index (χ2n) is 5.30. The van der Waals surface area contributed by atoms with Gasteiger partial charge in [-0.1, -0.05) is 53.6 Å². The van der Waals surface area contributed by atoms with E-state index < -0.39 is 6.04 Å². The number of rotatable bonds is 4. The lowest BCUT2D eigenvalue weighted by Crippen LogP contribution is -2.40. The summed E-state index contributed by atoms with van der Waals surface area (Å²) in [5, 5.41) is 0.384. The molecule has 1 unspecified atom stereocenters. The van der Waals surface area contributed by atoms with Crippen LogP contribution in [0.15, 0.2) is 48.5 Å². The lowest BCUT2D eigenvalue weighted by Gasteiger charge is -2.24. The highest BCUT2D eigenvalue weighted by atomic mass is 35.5. The molecule has 0 aliphatic heterocycles. The van der Waals surface area contributed by atoms with Crippen LogP contribution in [0.1, 0.15) is 33.2 Å². The average molecular weight is 316 g/mol. The Bertz CT molecular complexity index is 694. The third kappa shape index (κ3) is 3.37. The van der Waals surface area contributed by atoms with Crippen LogP contribution < -0.4 is 0 Å². The van der Waals surface area contributed by atoms with Gasteiger partial charge in [-0.2, -0.15) is 0 Å². The maximum absolute atomic E-state index is 12.5. The first kappa shape index (κ1) is 16.2. The minimum atomic E-state index is -0.563. The molecule has 0 aromatic heterocycles. The van der Waals surface area contributed by atoms with E-state index in [0.29, 0.717) is 16.1 Å². The van der Waals surface area contributed by atoms with Crippen LogP contribution in [0, 0.1) is 6.92 Å². The molecule has 3 nitrogen and oxygen atoms in total. The molecule has 0 saturated heterocycles. The molecule has 0 fully saturated rings. The van der Waals surface area contributed by atoms with E-state index in [-0.39, 0.29) is 11.7 Å². The maximum atomic E-state index is 12.5. The Labute approximate surface area is 135 Å². The molecular weight excluding hydrogens is 298 g/mol. The molecule has 2 aromatic rings. The van der Waals surface area contributed by atoms with Crippen molar-refractivity contribution in [3.05, 3.63) is 70.2 Å². The molecule has 1 amide bonds. The average Bonchev–Trinajstić information content (AvgIpc) is 2.53. The largest absolute Gasteiger partial charge is 0.332 e. The molecule has 0 bridgehead atoms. The fraction of sp³-hybridized carbons (Fsp3) is 0.222. The van der Waals surface area contributed by atoms with Gasteiger partial charge in [0.15, 0.2) is 5.78 Å². The van der Waals surface area contributed by atoms with Gasteiger partial charge >= 0.3 is 0 Å². The zero-order chi connectivity index (χ0) is 16.3. The predicted octanol–water partition coefficient (Wildman–Crippen LogP) is 3.99. The summed E-state index contributed by atoms with van der Waals surface area (Å²) in [4.78, 5) is 26.4. The van der Waals surface area contributed by atoms with Crippen LogP contribution >= 0.6 is 11.6 Å². The van der Waals surface area contributed by atoms with Gasteiger partial charge in [0.05, 0.1) is 16.6 Å². The number of amides is 1. The molecule has 2 rings (SSSR count). The summed E-state index contributed by atoms with van der Waals surface area (Å²) in [6.45, 7) is 3.68. The van der Waals surface area contributed by atoms with Gasteiger partial charge in [0.1, 0.15) is 0 Å². The number of ketones is 1. The Morgan fingerprint density at radius 1 is 1.05 bits per heavy atom. The number of benzene rings is 2. The van der Waals surface area contributed by atoms with E-state index in [0.717, 1.165) is 5.56 Å². The zero-order valence-corrected chi connectivity index (χ0v) is 13.6. The van der Waals surface area contributed by atoms with E-state index in [1.165, 1.54) is 4.90 Å². The van der Waals surface area contributed by atoms with Crippen LogP contribution in [0.5, 0.6) is 0 Å². The highest BCUT2D eigenvalue weighted by molar-refractivity contribution is 6.33. The Hall–Kier alpha value is -2.13. The Morgan fingerprint density at radius 2 is 1.64 bits per heavy atom. The first-order valence-corrected chi connectivity index (χ1v) is 7.42. The summed E-state index contributed by atoms with van der Waals surface area (Å²) < 4.78 is 0. The number of halogens is 1. The number of nitrogens with zero attached hydrogens (tertiary/aromatic N) is 1. The summed E-state index contributed by atoms with van der Waals surface area (Å²) >= 11 is 6.05. The molecule has 0 N–H and O–H groups in total. The van der Waals surface area contributed by atoms with E-state index in [2.05, 4.69) is 0 Å². The summed E-state index contributed by atoms with van der Waals surface area (Å²) in [6, 6.07) is 13.6. The van der Waals surface area contributed by atoms with Gasteiger partial charge in [-0.15, -0.1) is 0 Å². The van der Waals surface area contributed by atoms with Gasteiger partial charge < -0.3 is 4.90 Å². The minimum absolute atomic E-state index is 0.0945. The first-order valence-electron chi connectivity index (χ1n) is 7.04. The van der Waals surface area contributed by atoms with Crippen molar-refractivity contribution in [3.63, 3.8) is 0 Å². The fourth-order valence-electron chi connectivity index (χ4n) is 2.14. The van der Waals surface area contributed by atoms with Crippen molar-refractivity contribution in [2.24, 2.45) is 0 Å². The summed E-state index contributed by atoms with van der Waals surface area (Å²) in [7, 11) is 1.61. The van der Waals surface area contributed by atoms with Gasteiger partial charge in [-0.05, 0) is 26.0 Å². The zero-order valence-electron chi connectivity index (χ0n) is 12.8. The second kappa shape index (κ2) is 6.75. The normalized spacial score (nSPS) is 11.8. The Kier molecular flexibility index (Phi) is 4.99. The van der Waals surface area contributed by atoms with Crippen molar-refractivity contribution in [2.45, 2.75) is 19.9 Å². The van der Waals surface area contributed by atoms with E-state index in [1.54, 1.807) is 50.4 Å². The number of carbonyl (C=O) groups excluding carboxylic acids is 2. The van der Waals surface area contributed by atoms with Gasteiger partial charge in [0, 0.05) is 12.6 Å². The van der Waals surface area contributed by atoms with Crippen molar-refractivity contribution in [3.8, 4) is 0 Å². The molecule has 1 atom stereocenters. The van der Waals surface area contributed by atoms with Crippen LogP contribution in [-0.2, 0) is 0 Å². The predicted molar refractivity (Wildman–Crippen MR) is 88.5 cm³/mol. The summed E-state index contributed by atoms with van der Waals surface area (Å²) in [6.07, 6.45) is 0. The van der Waals surface area contributed by atoms with Crippen LogP contribution in [0.4, 0.5) is 0 Å². The fourth-order valence-corrected chi connectivity index (χ4v) is 2.35. The molecule has 4 heteroatoms. The van der Waals surface area contributed by atoms with Gasteiger partial charge in [0.2, 0.25) is 0 Å². The molecule has 114 valence electrons. The smallest absolute Gasteiger partial charge is 0.255 e. The van der Waals surface area contributed by atoms with Gasteiger partial charge in [-0.3, -0.25) is 9.59 Å². The Morgan fingerprint density at radius 3 is 2.23 bits per heavy atom. The number of carbonyl (C=O) groups is 2. The molecule has 0 heterocycles. The van der Waals surface area contributed by atoms with E-state index in [1.807, 2.05) is 19.1 Å². The van der Waals surface area contributed by atoms with E-state index in [4.69, 9.17) is 11.6 Å². The molecule has 0 aliphatic rings. The molecule has 0 radical (unpaired) electrons. The minimum Gasteiger partial charge on any atom is -0.332 e. The molecule has 0 aliphatic carbocycles. The third-order valence-corrected chi connectivity index (χ3v) is 4.05. The SMILES string of the molecule is Cc1ccc(C(=O)C(C)N(C)C(=O)c2ccccc2Cl)cc1. The summed E-state index contributed by atoms with van der Waals surface area (Å²) in [5.74, 6) is -0.360. The van der Waals surface area contributed by atoms with Crippen LogP contribution in [0.2, 0.25) is 5.02 Å². The lowest BCUT2D eigenvalue weighted by atomic mass is 10.0. The molecule has 0 spiro atoms. The van der Waals surface area contributed by atoms with Crippen LogP contribution in [-0.4, -0.2) is 29.7 Å². The number of likely N-dealkylation sites (N-methyl/N-ethyl adjacent to an activating group) is 1. The number of hydrogen-bond donors (Lipinski definition) is 0. The molecular formula is C18H18ClNO2. The molecule has 2 aromatic carbocycles. The van der Waals surface area contributed by atoms with Crippen molar-refractivity contribution in [1.29, 1.82) is 0 Å². The van der Waals surface area contributed by atoms with Gasteiger partial charge in [-0.25, -0.2) is 0 Å². The quantitative estimate of drug-likeness (QED) is 0.800. The third-order valence-electron chi connectivity index (χ3n) is 3.72. The first-order chi connectivity index (χ1) is 10.4. The number of Topliss-reactive ketones (excluding diaryl/α,β-unsaturated/α-hetero) is 1. The standard InChI is InChI=1S/C18H18ClNO2/c1-12-8-10-14(11-9-12)17(21)13(2)20(3)18(22)15-6-4-5-7-16(15)19/h4-11,13H,1-3H3. The monoisotopic (exact) mass is 315 g/mol. The van der Waals surface area contributed by atoms with Crippen molar-refractivity contribution >= 4 is 23.3 Å². The molecule has 22 heavy (non-hydrogen) atoms.